The van der Waals surface area contributed by atoms with E-state index in [0.29, 0.717) is 11.6 Å². The van der Waals surface area contributed by atoms with Crippen LogP contribution in [0.15, 0.2) is 29.1 Å². The lowest BCUT2D eigenvalue weighted by molar-refractivity contribution is 0.102. The van der Waals surface area contributed by atoms with Crippen molar-refractivity contribution in [1.82, 2.24) is 9.97 Å². The van der Waals surface area contributed by atoms with Crippen LogP contribution in [0.2, 0.25) is 0 Å². The SMILES string of the molecule is CCN(CC)c1ccc(NC(=O)c2cc(=O)[nH]c(CSC)n2)c(C)c1. The Balaban J connectivity index is 2.22. The molecular formula is C18H24N4O2S. The van der Waals surface area contributed by atoms with Crippen molar-refractivity contribution in [2.75, 3.05) is 29.6 Å². The molecule has 2 rings (SSSR count). The van der Waals surface area contributed by atoms with Crippen molar-refractivity contribution in [1.29, 1.82) is 0 Å². The molecule has 6 nitrogen and oxygen atoms in total. The molecule has 2 aromatic rings. The smallest absolute Gasteiger partial charge is 0.274 e. The van der Waals surface area contributed by atoms with Gasteiger partial charge in [-0.05, 0) is 50.8 Å². The molecule has 0 saturated heterocycles. The lowest BCUT2D eigenvalue weighted by Gasteiger charge is -2.22. The van der Waals surface area contributed by atoms with E-state index in [1.807, 2.05) is 31.4 Å². The Hall–Kier alpha value is -2.28. The Labute approximate surface area is 152 Å². The van der Waals surface area contributed by atoms with Gasteiger partial charge in [0.1, 0.15) is 11.5 Å². The van der Waals surface area contributed by atoms with Crippen LogP contribution in [0.5, 0.6) is 0 Å². The Bertz CT molecular complexity index is 800. The number of anilines is 2. The molecule has 2 N–H and O–H groups in total. The highest BCUT2D eigenvalue weighted by atomic mass is 32.2. The summed E-state index contributed by atoms with van der Waals surface area (Å²) >= 11 is 1.53. The zero-order chi connectivity index (χ0) is 18.4. The van der Waals surface area contributed by atoms with Crippen LogP contribution in [0.3, 0.4) is 0 Å². The van der Waals surface area contributed by atoms with Crippen LogP contribution in [0.4, 0.5) is 11.4 Å². The molecule has 0 atom stereocenters. The quantitative estimate of drug-likeness (QED) is 0.793. The van der Waals surface area contributed by atoms with Crippen molar-refractivity contribution in [3.63, 3.8) is 0 Å². The summed E-state index contributed by atoms with van der Waals surface area (Å²) in [6, 6.07) is 7.14. The second-order valence-electron chi connectivity index (χ2n) is 5.64. The third-order valence-corrected chi connectivity index (χ3v) is 4.45. The minimum atomic E-state index is -0.382. The van der Waals surface area contributed by atoms with Gasteiger partial charge in [0, 0.05) is 30.5 Å². The highest BCUT2D eigenvalue weighted by molar-refractivity contribution is 7.97. The number of nitrogens with zero attached hydrogens (tertiary/aromatic N) is 2. The van der Waals surface area contributed by atoms with Gasteiger partial charge in [0.2, 0.25) is 0 Å². The standard InChI is InChI=1S/C18H24N4O2S/c1-5-22(6-2)13-7-8-14(12(3)9-13)20-18(24)15-10-17(23)21-16(19-15)11-25-4/h7-10H,5-6,11H2,1-4H3,(H,20,24)(H,19,21,23). The van der Waals surface area contributed by atoms with Crippen LogP contribution in [-0.4, -0.2) is 35.2 Å². The summed E-state index contributed by atoms with van der Waals surface area (Å²) < 4.78 is 0. The number of aromatic amines is 1. The second kappa shape index (κ2) is 8.71. The summed E-state index contributed by atoms with van der Waals surface area (Å²) in [6.45, 7) is 8.03. The summed E-state index contributed by atoms with van der Waals surface area (Å²) in [7, 11) is 0. The molecule has 0 unspecified atom stereocenters. The van der Waals surface area contributed by atoms with Crippen molar-refractivity contribution in [3.8, 4) is 0 Å². The average Bonchev–Trinajstić information content (AvgIpc) is 2.58. The van der Waals surface area contributed by atoms with E-state index < -0.39 is 0 Å². The number of H-pyrrole nitrogens is 1. The molecule has 1 aromatic heterocycles. The first-order valence-corrected chi connectivity index (χ1v) is 9.64. The van der Waals surface area contributed by atoms with Gasteiger partial charge in [0.25, 0.3) is 11.5 Å². The maximum absolute atomic E-state index is 12.5. The number of rotatable bonds is 7. The van der Waals surface area contributed by atoms with Crippen LogP contribution >= 0.6 is 11.8 Å². The largest absolute Gasteiger partial charge is 0.372 e. The number of hydrogen-bond donors (Lipinski definition) is 2. The molecular weight excluding hydrogens is 336 g/mol. The third-order valence-electron chi connectivity index (χ3n) is 3.89. The number of hydrogen-bond acceptors (Lipinski definition) is 5. The molecule has 1 heterocycles. The van der Waals surface area contributed by atoms with E-state index in [1.54, 1.807) is 0 Å². The monoisotopic (exact) mass is 360 g/mol. The number of thioether (sulfide) groups is 1. The molecule has 0 saturated carbocycles. The van der Waals surface area contributed by atoms with Gasteiger partial charge < -0.3 is 15.2 Å². The van der Waals surface area contributed by atoms with E-state index in [2.05, 4.69) is 34.0 Å². The fourth-order valence-corrected chi connectivity index (χ4v) is 3.00. The lowest BCUT2D eigenvalue weighted by Crippen LogP contribution is -2.22. The van der Waals surface area contributed by atoms with Gasteiger partial charge >= 0.3 is 0 Å². The first kappa shape index (κ1) is 19.1. The number of aromatic nitrogens is 2. The number of amides is 1. The van der Waals surface area contributed by atoms with E-state index >= 15 is 0 Å². The number of benzene rings is 1. The molecule has 0 spiro atoms. The normalized spacial score (nSPS) is 10.6. The molecule has 0 bridgehead atoms. The summed E-state index contributed by atoms with van der Waals surface area (Å²) in [6.07, 6.45) is 1.91. The highest BCUT2D eigenvalue weighted by Gasteiger charge is 2.12. The second-order valence-corrected chi connectivity index (χ2v) is 6.50. The Kier molecular flexibility index (Phi) is 6.64. The van der Waals surface area contributed by atoms with Gasteiger partial charge in [-0.3, -0.25) is 9.59 Å². The number of nitrogens with one attached hydrogen (secondary N) is 2. The first-order valence-electron chi connectivity index (χ1n) is 8.24. The molecule has 1 amide bonds. The Morgan fingerprint density at radius 2 is 2.00 bits per heavy atom. The fourth-order valence-electron chi connectivity index (χ4n) is 2.59. The summed E-state index contributed by atoms with van der Waals surface area (Å²) in [5.74, 6) is 0.666. The Morgan fingerprint density at radius 1 is 1.28 bits per heavy atom. The van der Waals surface area contributed by atoms with Gasteiger partial charge in [-0.25, -0.2) is 4.98 Å². The summed E-state index contributed by atoms with van der Waals surface area (Å²) in [5.41, 5.74) is 2.61. The van der Waals surface area contributed by atoms with Crippen molar-refractivity contribution in [2.24, 2.45) is 0 Å². The molecule has 25 heavy (non-hydrogen) atoms. The predicted octanol–water partition coefficient (Wildman–Crippen LogP) is 3.04. The van der Waals surface area contributed by atoms with Crippen LogP contribution in [0, 0.1) is 6.92 Å². The lowest BCUT2D eigenvalue weighted by atomic mass is 10.1. The third kappa shape index (κ3) is 4.85. The maximum Gasteiger partial charge on any atom is 0.274 e. The van der Waals surface area contributed by atoms with Crippen LogP contribution < -0.4 is 15.8 Å². The van der Waals surface area contributed by atoms with E-state index in [9.17, 15) is 9.59 Å². The van der Waals surface area contributed by atoms with Crippen molar-refractivity contribution >= 4 is 29.0 Å². The van der Waals surface area contributed by atoms with Gasteiger partial charge in [-0.2, -0.15) is 11.8 Å². The van der Waals surface area contributed by atoms with Crippen LogP contribution in [0.25, 0.3) is 0 Å². The number of aryl methyl sites for hydroxylation is 1. The minimum absolute atomic E-state index is 0.125. The zero-order valence-electron chi connectivity index (χ0n) is 15.0. The molecule has 0 aliphatic heterocycles. The number of carbonyl (C=O) groups is 1. The molecule has 7 heteroatoms. The Morgan fingerprint density at radius 3 is 2.60 bits per heavy atom. The van der Waals surface area contributed by atoms with Crippen molar-refractivity contribution in [2.45, 2.75) is 26.5 Å². The predicted molar refractivity (Wildman–Crippen MR) is 105 cm³/mol. The topological polar surface area (TPSA) is 78.1 Å². The first-order chi connectivity index (χ1) is 12.0. The summed E-state index contributed by atoms with van der Waals surface area (Å²) in [5, 5.41) is 2.85. The molecule has 1 aromatic carbocycles. The van der Waals surface area contributed by atoms with Gasteiger partial charge in [-0.15, -0.1) is 0 Å². The van der Waals surface area contributed by atoms with Gasteiger partial charge in [-0.1, -0.05) is 0 Å². The van der Waals surface area contributed by atoms with Crippen molar-refractivity contribution in [3.05, 3.63) is 51.7 Å². The molecule has 0 radical (unpaired) electrons. The average molecular weight is 360 g/mol. The van der Waals surface area contributed by atoms with Gasteiger partial charge in [0.05, 0.1) is 5.75 Å². The fraction of sp³-hybridized carbons (Fsp3) is 0.389. The van der Waals surface area contributed by atoms with Crippen molar-refractivity contribution < 1.29 is 4.79 Å². The van der Waals surface area contributed by atoms with Crippen LogP contribution in [0.1, 0.15) is 35.7 Å². The summed E-state index contributed by atoms with van der Waals surface area (Å²) in [4.78, 5) is 33.3. The zero-order valence-corrected chi connectivity index (χ0v) is 15.9. The molecule has 0 fully saturated rings. The molecule has 0 aliphatic rings. The maximum atomic E-state index is 12.5. The van der Waals surface area contributed by atoms with E-state index in [4.69, 9.17) is 0 Å². The van der Waals surface area contributed by atoms with E-state index in [0.717, 1.165) is 30.0 Å². The molecule has 0 aliphatic carbocycles. The number of carbonyl (C=O) groups excluding carboxylic acids is 1. The molecule has 134 valence electrons. The highest BCUT2D eigenvalue weighted by Crippen LogP contribution is 2.23. The van der Waals surface area contributed by atoms with E-state index in [1.165, 1.54) is 17.8 Å². The van der Waals surface area contributed by atoms with Crippen LogP contribution in [-0.2, 0) is 5.75 Å². The minimum Gasteiger partial charge on any atom is -0.372 e. The van der Waals surface area contributed by atoms with Gasteiger partial charge in [0.15, 0.2) is 0 Å². The van der Waals surface area contributed by atoms with E-state index in [-0.39, 0.29) is 17.2 Å².